The Balaban J connectivity index is 2.10. The molecule has 5 nitrogen and oxygen atoms in total. The first kappa shape index (κ1) is 16.9. The van der Waals surface area contributed by atoms with E-state index < -0.39 is 0 Å². The van der Waals surface area contributed by atoms with Gasteiger partial charge in [0, 0.05) is 16.6 Å². The maximum Gasteiger partial charge on any atom is 0.202 e. The molecule has 7 heteroatoms. The standard InChI is InChI=1S/C15H19BrN4OS/c1-4-7-19-10-17-20(15(19)22)11-18(2)9-12-8-13(16)5-6-14(12)21-3/h4-6,8,10H,1,7,9,11H2,2-3H3/p+1. The fourth-order valence-corrected chi connectivity index (χ4v) is 2.91. The average molecular weight is 384 g/mol. The average Bonchev–Trinajstić information content (AvgIpc) is 2.81. The number of nitrogens with zero attached hydrogens (tertiary/aromatic N) is 3. The predicted octanol–water partition coefficient (Wildman–Crippen LogP) is 2.04. The van der Waals surface area contributed by atoms with Crippen LogP contribution in [-0.2, 0) is 19.8 Å². The van der Waals surface area contributed by atoms with Crippen LogP contribution in [0.4, 0.5) is 0 Å². The monoisotopic (exact) mass is 383 g/mol. The summed E-state index contributed by atoms with van der Waals surface area (Å²) in [4.78, 5) is 1.26. The first-order chi connectivity index (χ1) is 10.5. The number of hydrogen-bond donors (Lipinski definition) is 1. The minimum atomic E-state index is 0.678. The Hall–Kier alpha value is -1.44. The lowest BCUT2D eigenvalue weighted by molar-refractivity contribution is -0.917. The molecular formula is C15H20BrN4OS+. The molecular weight excluding hydrogens is 364 g/mol. The van der Waals surface area contributed by atoms with E-state index in [2.05, 4.69) is 40.7 Å². The number of nitrogens with one attached hydrogen (secondary N) is 1. The number of benzene rings is 1. The number of methoxy groups -OCH3 is 1. The van der Waals surface area contributed by atoms with Crippen molar-refractivity contribution >= 4 is 28.1 Å². The van der Waals surface area contributed by atoms with Gasteiger partial charge < -0.3 is 14.2 Å². The van der Waals surface area contributed by atoms with Crippen molar-refractivity contribution in [3.05, 3.63) is 52.0 Å². The normalized spacial score (nSPS) is 12.1. The number of rotatable bonds is 7. The van der Waals surface area contributed by atoms with Crippen molar-refractivity contribution in [3.63, 3.8) is 0 Å². The SMILES string of the molecule is C=CCn1cnn(C[NH+](C)Cc2cc(Br)ccc2OC)c1=S. The Morgan fingerprint density at radius 2 is 2.27 bits per heavy atom. The predicted molar refractivity (Wildman–Crippen MR) is 92.5 cm³/mol. The zero-order valence-corrected chi connectivity index (χ0v) is 15.2. The summed E-state index contributed by atoms with van der Waals surface area (Å²) >= 11 is 8.92. The summed E-state index contributed by atoms with van der Waals surface area (Å²) in [6.45, 7) is 5.91. The van der Waals surface area contributed by atoms with Gasteiger partial charge in [0.05, 0.1) is 14.2 Å². The van der Waals surface area contributed by atoms with Crippen LogP contribution in [0, 0.1) is 4.77 Å². The molecule has 2 rings (SSSR count). The Kier molecular flexibility index (Phi) is 5.93. The van der Waals surface area contributed by atoms with Crippen molar-refractivity contribution in [2.75, 3.05) is 14.2 Å². The first-order valence-corrected chi connectivity index (χ1v) is 8.12. The molecule has 0 amide bonds. The number of halogens is 1. The molecule has 1 heterocycles. The number of aromatic nitrogens is 3. The molecule has 0 saturated heterocycles. The van der Waals surface area contributed by atoms with Gasteiger partial charge in [-0.05, 0) is 30.4 Å². The maximum atomic E-state index is 5.42. The second kappa shape index (κ2) is 7.71. The van der Waals surface area contributed by atoms with Gasteiger partial charge in [0.25, 0.3) is 0 Å². The zero-order chi connectivity index (χ0) is 16.1. The van der Waals surface area contributed by atoms with Gasteiger partial charge in [0.15, 0.2) is 6.67 Å². The smallest absolute Gasteiger partial charge is 0.202 e. The van der Waals surface area contributed by atoms with Crippen LogP contribution in [0.2, 0.25) is 0 Å². The van der Waals surface area contributed by atoms with Crippen LogP contribution in [0.25, 0.3) is 0 Å². The highest BCUT2D eigenvalue weighted by Gasteiger charge is 2.12. The molecule has 1 aromatic heterocycles. The van der Waals surface area contributed by atoms with Crippen molar-refractivity contribution in [2.24, 2.45) is 0 Å². The summed E-state index contributed by atoms with van der Waals surface area (Å²) in [7, 11) is 3.80. The lowest BCUT2D eigenvalue weighted by atomic mass is 10.2. The van der Waals surface area contributed by atoms with Crippen LogP contribution in [0.15, 0.2) is 41.7 Å². The molecule has 0 spiro atoms. The van der Waals surface area contributed by atoms with Crippen LogP contribution in [0.3, 0.4) is 0 Å². The molecule has 0 aliphatic heterocycles. The second-order valence-corrected chi connectivity index (χ2v) is 6.38. The van der Waals surface area contributed by atoms with E-state index in [0.29, 0.717) is 18.0 Å². The fraction of sp³-hybridized carbons (Fsp3) is 0.333. The van der Waals surface area contributed by atoms with Crippen LogP contribution in [0.1, 0.15) is 5.56 Å². The van der Waals surface area contributed by atoms with Crippen molar-refractivity contribution < 1.29 is 9.64 Å². The van der Waals surface area contributed by atoms with E-state index in [0.717, 1.165) is 22.3 Å². The van der Waals surface area contributed by atoms with E-state index in [4.69, 9.17) is 17.0 Å². The molecule has 0 bridgehead atoms. The summed E-state index contributed by atoms with van der Waals surface area (Å²) in [6, 6.07) is 6.03. The molecule has 1 N–H and O–H groups in total. The van der Waals surface area contributed by atoms with Crippen molar-refractivity contribution in [3.8, 4) is 5.75 Å². The lowest BCUT2D eigenvalue weighted by Gasteiger charge is -2.16. The van der Waals surface area contributed by atoms with E-state index in [1.807, 2.05) is 27.5 Å². The van der Waals surface area contributed by atoms with Gasteiger partial charge in [0.1, 0.15) is 18.6 Å². The highest BCUT2D eigenvalue weighted by atomic mass is 79.9. The topological polar surface area (TPSA) is 36.4 Å². The van der Waals surface area contributed by atoms with Crippen molar-refractivity contribution in [1.29, 1.82) is 0 Å². The summed E-state index contributed by atoms with van der Waals surface area (Å²) in [5, 5.41) is 4.34. The highest BCUT2D eigenvalue weighted by molar-refractivity contribution is 9.10. The van der Waals surface area contributed by atoms with Crippen molar-refractivity contribution in [2.45, 2.75) is 19.8 Å². The summed E-state index contributed by atoms with van der Waals surface area (Å²) in [5.41, 5.74) is 1.14. The van der Waals surface area contributed by atoms with Crippen LogP contribution >= 0.6 is 28.1 Å². The second-order valence-electron chi connectivity index (χ2n) is 5.10. The Bertz CT molecular complexity index is 710. The van der Waals surface area contributed by atoms with Crippen LogP contribution in [-0.4, -0.2) is 28.5 Å². The molecule has 0 aliphatic rings. The summed E-state index contributed by atoms with van der Waals surface area (Å²) < 4.78 is 10.9. The van der Waals surface area contributed by atoms with Crippen LogP contribution < -0.4 is 9.64 Å². The van der Waals surface area contributed by atoms with Crippen molar-refractivity contribution in [1.82, 2.24) is 14.3 Å². The third-order valence-corrected chi connectivity index (χ3v) is 4.22. The van der Waals surface area contributed by atoms with E-state index in [1.54, 1.807) is 13.4 Å². The van der Waals surface area contributed by atoms with Gasteiger partial charge >= 0.3 is 0 Å². The third kappa shape index (κ3) is 4.06. The van der Waals surface area contributed by atoms with Gasteiger partial charge in [0.2, 0.25) is 4.77 Å². The number of allylic oxidation sites excluding steroid dienone is 1. The van der Waals surface area contributed by atoms with Gasteiger partial charge in [-0.2, -0.15) is 9.78 Å². The fourth-order valence-electron chi connectivity index (χ4n) is 2.27. The zero-order valence-electron chi connectivity index (χ0n) is 12.8. The van der Waals surface area contributed by atoms with E-state index in [9.17, 15) is 0 Å². The maximum absolute atomic E-state index is 5.42. The molecule has 2 aromatic rings. The van der Waals surface area contributed by atoms with Crippen LogP contribution in [0.5, 0.6) is 5.75 Å². The quantitative estimate of drug-likeness (QED) is 0.587. The lowest BCUT2D eigenvalue weighted by Crippen LogP contribution is -3.07. The van der Waals surface area contributed by atoms with Gasteiger partial charge in [-0.25, -0.2) is 0 Å². The minimum Gasteiger partial charge on any atom is -0.496 e. The number of hydrogen-bond acceptors (Lipinski definition) is 3. The summed E-state index contributed by atoms with van der Waals surface area (Å²) in [5.74, 6) is 0.892. The molecule has 22 heavy (non-hydrogen) atoms. The largest absolute Gasteiger partial charge is 0.496 e. The molecule has 0 saturated carbocycles. The molecule has 1 atom stereocenters. The Morgan fingerprint density at radius 3 is 2.95 bits per heavy atom. The Morgan fingerprint density at radius 1 is 1.50 bits per heavy atom. The molecule has 0 fully saturated rings. The Labute approximate surface area is 143 Å². The van der Waals surface area contributed by atoms with Gasteiger partial charge in [-0.1, -0.05) is 22.0 Å². The summed E-state index contributed by atoms with van der Waals surface area (Å²) in [6.07, 6.45) is 3.56. The van der Waals surface area contributed by atoms with Gasteiger partial charge in [-0.3, -0.25) is 0 Å². The molecule has 118 valence electrons. The van der Waals surface area contributed by atoms with E-state index in [-0.39, 0.29) is 0 Å². The first-order valence-electron chi connectivity index (χ1n) is 6.92. The number of ether oxygens (including phenoxy) is 1. The van der Waals surface area contributed by atoms with Gasteiger partial charge in [-0.15, -0.1) is 6.58 Å². The molecule has 1 aromatic carbocycles. The molecule has 0 radical (unpaired) electrons. The van der Waals surface area contributed by atoms with E-state index >= 15 is 0 Å². The number of quaternary nitrogens is 1. The van der Waals surface area contributed by atoms with E-state index in [1.165, 1.54) is 4.90 Å². The third-order valence-electron chi connectivity index (χ3n) is 3.28. The minimum absolute atomic E-state index is 0.678. The molecule has 1 unspecified atom stereocenters. The molecule has 0 aliphatic carbocycles. The highest BCUT2D eigenvalue weighted by Crippen LogP contribution is 2.22.